The first kappa shape index (κ1) is 16.3. The highest BCUT2D eigenvalue weighted by atomic mass is 79.9. The Bertz CT molecular complexity index is 1270. The van der Waals surface area contributed by atoms with Gasteiger partial charge in [-0.15, -0.1) is 0 Å². The van der Waals surface area contributed by atoms with Crippen molar-refractivity contribution in [2.75, 3.05) is 0 Å². The molecule has 0 spiro atoms. The third kappa shape index (κ3) is 2.85. The summed E-state index contributed by atoms with van der Waals surface area (Å²) >= 11 is 3.73. The molecule has 5 rings (SSSR count). The van der Waals surface area contributed by atoms with E-state index in [1.54, 1.807) is 0 Å². The summed E-state index contributed by atoms with van der Waals surface area (Å²) in [6.07, 6.45) is 0. The van der Waals surface area contributed by atoms with Gasteiger partial charge >= 0.3 is 0 Å². The van der Waals surface area contributed by atoms with Gasteiger partial charge in [0.15, 0.2) is 0 Å². The zero-order valence-corrected chi connectivity index (χ0v) is 16.3. The lowest BCUT2D eigenvalue weighted by Gasteiger charge is -2.13. The topological polar surface area (TPSA) is 0 Å². The third-order valence-corrected chi connectivity index (χ3v) is 5.82. The third-order valence-electron chi connectivity index (χ3n) is 5.13. The molecule has 0 N–H and O–H groups in total. The lowest BCUT2D eigenvalue weighted by atomic mass is 9.92. The Morgan fingerprint density at radius 1 is 0.444 bits per heavy atom. The van der Waals surface area contributed by atoms with Crippen molar-refractivity contribution in [1.29, 1.82) is 0 Å². The van der Waals surface area contributed by atoms with Gasteiger partial charge in [0.2, 0.25) is 0 Å². The molecule has 0 unspecified atom stereocenters. The van der Waals surface area contributed by atoms with Gasteiger partial charge in [-0.05, 0) is 62.0 Å². The number of hydrogen-bond acceptors (Lipinski definition) is 0. The number of rotatable bonds is 2. The molecule has 0 heterocycles. The van der Waals surface area contributed by atoms with Crippen molar-refractivity contribution in [3.63, 3.8) is 0 Å². The Labute approximate surface area is 167 Å². The number of benzene rings is 5. The number of fused-ring (bicyclic) bond motifs is 3. The van der Waals surface area contributed by atoms with Crippen molar-refractivity contribution in [2.45, 2.75) is 0 Å². The molecule has 0 aliphatic heterocycles. The van der Waals surface area contributed by atoms with Crippen molar-refractivity contribution < 1.29 is 0 Å². The number of halogens is 1. The van der Waals surface area contributed by atoms with Crippen molar-refractivity contribution in [1.82, 2.24) is 0 Å². The summed E-state index contributed by atoms with van der Waals surface area (Å²) < 4.78 is 1.11. The predicted octanol–water partition coefficient (Wildman–Crippen LogP) is 8.09. The summed E-state index contributed by atoms with van der Waals surface area (Å²) in [6.45, 7) is 0. The summed E-state index contributed by atoms with van der Waals surface area (Å²) in [7, 11) is 0. The van der Waals surface area contributed by atoms with Crippen LogP contribution in [0.15, 0.2) is 108 Å². The second kappa shape index (κ2) is 6.68. The molecule has 0 atom stereocenters. The normalized spacial score (nSPS) is 11.1. The Morgan fingerprint density at radius 2 is 1.11 bits per heavy atom. The first-order valence-corrected chi connectivity index (χ1v) is 9.86. The zero-order valence-electron chi connectivity index (χ0n) is 14.7. The van der Waals surface area contributed by atoms with Crippen LogP contribution in [-0.4, -0.2) is 0 Å². The van der Waals surface area contributed by atoms with Crippen molar-refractivity contribution in [3.05, 3.63) is 108 Å². The maximum atomic E-state index is 3.73. The molecule has 0 aliphatic rings. The molecule has 0 aliphatic carbocycles. The largest absolute Gasteiger partial charge is 0.0622 e. The van der Waals surface area contributed by atoms with Gasteiger partial charge in [0.05, 0.1) is 0 Å². The second-order valence-corrected chi connectivity index (χ2v) is 7.61. The van der Waals surface area contributed by atoms with Crippen LogP contribution in [0.25, 0.3) is 43.8 Å². The first-order valence-electron chi connectivity index (χ1n) is 9.07. The quantitative estimate of drug-likeness (QED) is 0.259. The van der Waals surface area contributed by atoms with Crippen LogP contribution in [0.2, 0.25) is 0 Å². The molecule has 0 bridgehead atoms. The maximum Gasteiger partial charge on any atom is 0.0254 e. The van der Waals surface area contributed by atoms with Crippen LogP contribution < -0.4 is 0 Å². The minimum absolute atomic E-state index is 1.11. The monoisotopic (exact) mass is 408 g/mol. The van der Waals surface area contributed by atoms with Gasteiger partial charge in [-0.25, -0.2) is 0 Å². The molecular formula is C26H17Br. The van der Waals surface area contributed by atoms with Crippen molar-refractivity contribution >= 4 is 37.5 Å². The van der Waals surface area contributed by atoms with Crippen molar-refractivity contribution in [2.24, 2.45) is 0 Å². The molecule has 0 saturated carbocycles. The Balaban J connectivity index is 1.81. The van der Waals surface area contributed by atoms with Gasteiger partial charge in [0.1, 0.15) is 0 Å². The van der Waals surface area contributed by atoms with Gasteiger partial charge in [-0.3, -0.25) is 0 Å². The minimum Gasteiger partial charge on any atom is -0.0622 e. The second-order valence-electron chi connectivity index (χ2n) is 6.75. The highest BCUT2D eigenvalue weighted by Crippen LogP contribution is 2.38. The highest BCUT2D eigenvalue weighted by molar-refractivity contribution is 9.10. The van der Waals surface area contributed by atoms with Crippen LogP contribution >= 0.6 is 15.9 Å². The molecule has 1 heteroatoms. The fourth-order valence-corrected chi connectivity index (χ4v) is 4.30. The standard InChI is InChI=1S/C26H17Br/c27-26-15-14-20(17-25(26)18-8-2-1-3-9-18)24-16-19-10-4-5-11-21(19)22-12-6-7-13-23(22)24/h1-17H. The van der Waals surface area contributed by atoms with Crippen molar-refractivity contribution in [3.8, 4) is 22.3 Å². The van der Waals surface area contributed by atoms with Crippen LogP contribution in [0.5, 0.6) is 0 Å². The van der Waals surface area contributed by atoms with Gasteiger partial charge < -0.3 is 0 Å². The van der Waals surface area contributed by atoms with Crippen LogP contribution in [0, 0.1) is 0 Å². The molecule has 5 aromatic carbocycles. The smallest absolute Gasteiger partial charge is 0.0254 e. The average molecular weight is 409 g/mol. The summed E-state index contributed by atoms with van der Waals surface area (Å²) in [6, 6.07) is 36.8. The predicted molar refractivity (Wildman–Crippen MR) is 120 cm³/mol. The van der Waals surface area contributed by atoms with E-state index in [1.807, 2.05) is 0 Å². The van der Waals surface area contributed by atoms with E-state index in [2.05, 4.69) is 119 Å². The van der Waals surface area contributed by atoms with E-state index in [4.69, 9.17) is 0 Å². The fourth-order valence-electron chi connectivity index (χ4n) is 3.82. The van der Waals surface area contributed by atoms with Gasteiger partial charge in [-0.1, -0.05) is 101 Å². The van der Waals surface area contributed by atoms with E-state index in [1.165, 1.54) is 43.8 Å². The van der Waals surface area contributed by atoms with Crippen LogP contribution in [0.4, 0.5) is 0 Å². The molecule has 0 fully saturated rings. The molecular weight excluding hydrogens is 392 g/mol. The molecule has 5 aromatic rings. The maximum absolute atomic E-state index is 3.73. The first-order chi connectivity index (χ1) is 13.3. The molecule has 0 radical (unpaired) electrons. The van der Waals surface area contributed by atoms with Crippen LogP contribution in [-0.2, 0) is 0 Å². The molecule has 0 amide bonds. The summed E-state index contributed by atoms with van der Waals surface area (Å²) in [5.74, 6) is 0. The molecule has 0 saturated heterocycles. The van der Waals surface area contributed by atoms with E-state index >= 15 is 0 Å². The van der Waals surface area contributed by atoms with Gasteiger partial charge in [0.25, 0.3) is 0 Å². The molecule has 128 valence electrons. The summed E-state index contributed by atoms with van der Waals surface area (Å²) in [4.78, 5) is 0. The van der Waals surface area contributed by atoms with E-state index in [9.17, 15) is 0 Å². The van der Waals surface area contributed by atoms with E-state index < -0.39 is 0 Å². The molecule has 0 nitrogen and oxygen atoms in total. The Kier molecular flexibility index (Phi) is 4.03. The summed E-state index contributed by atoms with van der Waals surface area (Å²) in [5.41, 5.74) is 4.94. The SMILES string of the molecule is Brc1ccc(-c2cc3ccccc3c3ccccc23)cc1-c1ccccc1. The lowest BCUT2D eigenvalue weighted by Crippen LogP contribution is -1.87. The summed E-state index contributed by atoms with van der Waals surface area (Å²) in [5, 5.41) is 5.17. The minimum atomic E-state index is 1.11. The molecule has 27 heavy (non-hydrogen) atoms. The Hall–Kier alpha value is -2.90. The van der Waals surface area contributed by atoms with Gasteiger partial charge in [-0.2, -0.15) is 0 Å². The van der Waals surface area contributed by atoms with Gasteiger partial charge in [0, 0.05) is 4.47 Å². The van der Waals surface area contributed by atoms with E-state index in [-0.39, 0.29) is 0 Å². The van der Waals surface area contributed by atoms with Crippen LogP contribution in [0.1, 0.15) is 0 Å². The van der Waals surface area contributed by atoms with E-state index in [0.717, 1.165) is 4.47 Å². The highest BCUT2D eigenvalue weighted by Gasteiger charge is 2.11. The Morgan fingerprint density at radius 3 is 1.93 bits per heavy atom. The van der Waals surface area contributed by atoms with Crippen LogP contribution in [0.3, 0.4) is 0 Å². The zero-order chi connectivity index (χ0) is 18.2. The fraction of sp³-hybridized carbons (Fsp3) is 0. The number of hydrogen-bond donors (Lipinski definition) is 0. The average Bonchev–Trinajstić information content (AvgIpc) is 2.74. The lowest BCUT2D eigenvalue weighted by molar-refractivity contribution is 1.57. The molecule has 0 aromatic heterocycles. The van der Waals surface area contributed by atoms with E-state index in [0.29, 0.717) is 0 Å².